The maximum Gasteiger partial charge on any atom is 0.131 e. The Morgan fingerprint density at radius 2 is 2.40 bits per heavy atom. The van der Waals surface area contributed by atoms with Crippen LogP contribution < -0.4 is 10.2 Å². The zero-order valence-corrected chi connectivity index (χ0v) is 8.76. The molecule has 0 spiro atoms. The lowest BCUT2D eigenvalue weighted by Crippen LogP contribution is -2.40. The zero-order chi connectivity index (χ0) is 10.1. The normalized spacial score (nSPS) is 30.3. The molecule has 3 rings (SSSR count). The lowest BCUT2D eigenvalue weighted by atomic mass is 9.94. The number of rotatable bonds is 1. The van der Waals surface area contributed by atoms with Crippen molar-refractivity contribution in [2.24, 2.45) is 5.92 Å². The van der Waals surface area contributed by atoms with Crippen LogP contribution in [0.2, 0.25) is 0 Å². The van der Waals surface area contributed by atoms with Crippen molar-refractivity contribution >= 4 is 5.82 Å². The van der Waals surface area contributed by atoms with Gasteiger partial charge < -0.3 is 10.2 Å². The molecule has 2 saturated heterocycles. The third kappa shape index (κ3) is 1.69. The Kier molecular flexibility index (Phi) is 2.29. The van der Waals surface area contributed by atoms with Crippen molar-refractivity contribution in [3.05, 3.63) is 18.6 Å². The standard InChI is InChI=1S/C11H16N4/c1-2-9-6-15(7-10(9)13-4-1)11-3-5-12-8-14-11/h3,5,8-10,13H,1-2,4,6-7H2/t9-,10+/m0/s1. The third-order valence-electron chi connectivity index (χ3n) is 3.49. The van der Waals surface area contributed by atoms with Gasteiger partial charge >= 0.3 is 0 Å². The first-order chi connectivity index (χ1) is 7.43. The van der Waals surface area contributed by atoms with E-state index in [1.807, 2.05) is 12.3 Å². The largest absolute Gasteiger partial charge is 0.355 e. The fraction of sp³-hybridized carbons (Fsp3) is 0.636. The molecule has 0 amide bonds. The van der Waals surface area contributed by atoms with Crippen molar-refractivity contribution in [1.29, 1.82) is 0 Å². The quantitative estimate of drug-likeness (QED) is 0.730. The van der Waals surface area contributed by atoms with E-state index >= 15 is 0 Å². The highest BCUT2D eigenvalue weighted by atomic mass is 15.2. The fourth-order valence-electron chi connectivity index (χ4n) is 2.70. The minimum Gasteiger partial charge on any atom is -0.355 e. The molecular weight excluding hydrogens is 188 g/mol. The summed E-state index contributed by atoms with van der Waals surface area (Å²) in [6.45, 7) is 3.43. The summed E-state index contributed by atoms with van der Waals surface area (Å²) in [5.74, 6) is 1.88. The number of piperidine rings is 1. The SMILES string of the molecule is c1cc(N2C[C@@H]3CCCN[C@@H]3C2)ncn1. The van der Waals surface area contributed by atoms with Crippen LogP contribution in [-0.2, 0) is 0 Å². The van der Waals surface area contributed by atoms with Crippen LogP contribution in [0, 0.1) is 5.92 Å². The molecule has 15 heavy (non-hydrogen) atoms. The fourth-order valence-corrected chi connectivity index (χ4v) is 2.70. The Balaban J connectivity index is 1.75. The van der Waals surface area contributed by atoms with Gasteiger partial charge in [0.25, 0.3) is 0 Å². The summed E-state index contributed by atoms with van der Waals surface area (Å²) >= 11 is 0. The molecule has 1 N–H and O–H groups in total. The van der Waals surface area contributed by atoms with E-state index in [0.29, 0.717) is 6.04 Å². The van der Waals surface area contributed by atoms with Gasteiger partial charge in [0.1, 0.15) is 12.1 Å². The van der Waals surface area contributed by atoms with Gasteiger partial charge in [-0.05, 0) is 31.4 Å². The summed E-state index contributed by atoms with van der Waals surface area (Å²) in [5, 5.41) is 3.60. The Morgan fingerprint density at radius 1 is 1.40 bits per heavy atom. The summed E-state index contributed by atoms with van der Waals surface area (Å²) in [6.07, 6.45) is 6.13. The van der Waals surface area contributed by atoms with Crippen molar-refractivity contribution in [3.63, 3.8) is 0 Å². The number of nitrogens with one attached hydrogen (secondary N) is 1. The molecule has 4 nitrogen and oxygen atoms in total. The first-order valence-corrected chi connectivity index (χ1v) is 5.68. The Labute approximate surface area is 89.7 Å². The van der Waals surface area contributed by atoms with Gasteiger partial charge in [-0.15, -0.1) is 0 Å². The maximum atomic E-state index is 4.31. The molecule has 0 aliphatic carbocycles. The van der Waals surface area contributed by atoms with Gasteiger partial charge in [0, 0.05) is 25.3 Å². The minimum atomic E-state index is 0.675. The molecule has 0 radical (unpaired) electrons. The van der Waals surface area contributed by atoms with Crippen molar-refractivity contribution < 1.29 is 0 Å². The van der Waals surface area contributed by atoms with Gasteiger partial charge in [0.2, 0.25) is 0 Å². The zero-order valence-electron chi connectivity index (χ0n) is 8.76. The summed E-state index contributed by atoms with van der Waals surface area (Å²) in [5.41, 5.74) is 0. The van der Waals surface area contributed by atoms with Crippen LogP contribution >= 0.6 is 0 Å². The number of aromatic nitrogens is 2. The van der Waals surface area contributed by atoms with Gasteiger partial charge in [-0.3, -0.25) is 0 Å². The highest BCUT2D eigenvalue weighted by Crippen LogP contribution is 2.27. The molecule has 0 unspecified atom stereocenters. The predicted octanol–water partition coefficient (Wildman–Crippen LogP) is 0.665. The van der Waals surface area contributed by atoms with Crippen LogP contribution in [0.15, 0.2) is 18.6 Å². The van der Waals surface area contributed by atoms with Crippen molar-refractivity contribution in [2.75, 3.05) is 24.5 Å². The average molecular weight is 204 g/mol. The van der Waals surface area contributed by atoms with Gasteiger partial charge in [-0.25, -0.2) is 9.97 Å². The molecule has 0 bridgehead atoms. The van der Waals surface area contributed by atoms with Crippen LogP contribution in [-0.4, -0.2) is 35.6 Å². The van der Waals surface area contributed by atoms with Crippen LogP contribution in [0.4, 0.5) is 5.82 Å². The van der Waals surface area contributed by atoms with E-state index in [1.165, 1.54) is 19.4 Å². The first kappa shape index (κ1) is 9.09. The molecule has 0 saturated carbocycles. The third-order valence-corrected chi connectivity index (χ3v) is 3.49. The second-order valence-electron chi connectivity index (χ2n) is 4.44. The van der Waals surface area contributed by atoms with Gasteiger partial charge in [-0.1, -0.05) is 0 Å². The van der Waals surface area contributed by atoms with E-state index in [1.54, 1.807) is 6.33 Å². The topological polar surface area (TPSA) is 41.0 Å². The maximum absolute atomic E-state index is 4.31. The van der Waals surface area contributed by atoms with E-state index in [-0.39, 0.29) is 0 Å². The Morgan fingerprint density at radius 3 is 3.20 bits per heavy atom. The van der Waals surface area contributed by atoms with Crippen LogP contribution in [0.25, 0.3) is 0 Å². The predicted molar refractivity (Wildman–Crippen MR) is 58.8 cm³/mol. The van der Waals surface area contributed by atoms with Crippen molar-refractivity contribution in [1.82, 2.24) is 15.3 Å². The van der Waals surface area contributed by atoms with E-state index in [9.17, 15) is 0 Å². The van der Waals surface area contributed by atoms with Gasteiger partial charge in [0.05, 0.1) is 0 Å². The van der Waals surface area contributed by atoms with Gasteiger partial charge in [-0.2, -0.15) is 0 Å². The van der Waals surface area contributed by atoms with Crippen LogP contribution in [0.5, 0.6) is 0 Å². The van der Waals surface area contributed by atoms with Crippen LogP contribution in [0.1, 0.15) is 12.8 Å². The average Bonchev–Trinajstić information content (AvgIpc) is 2.74. The number of hydrogen-bond acceptors (Lipinski definition) is 4. The number of nitrogens with zero attached hydrogens (tertiary/aromatic N) is 3. The second-order valence-corrected chi connectivity index (χ2v) is 4.44. The second kappa shape index (κ2) is 3.77. The van der Waals surface area contributed by atoms with E-state index < -0.39 is 0 Å². The summed E-state index contributed by atoms with van der Waals surface area (Å²) in [6, 6.07) is 2.67. The monoisotopic (exact) mass is 204 g/mol. The molecule has 1 aromatic rings. The summed E-state index contributed by atoms with van der Waals surface area (Å²) < 4.78 is 0. The lowest BCUT2D eigenvalue weighted by Gasteiger charge is -2.24. The van der Waals surface area contributed by atoms with E-state index in [4.69, 9.17) is 0 Å². The smallest absolute Gasteiger partial charge is 0.131 e. The molecule has 2 aliphatic rings. The molecule has 80 valence electrons. The van der Waals surface area contributed by atoms with E-state index in [0.717, 1.165) is 24.8 Å². The minimum absolute atomic E-state index is 0.675. The highest BCUT2D eigenvalue weighted by molar-refractivity contribution is 5.39. The van der Waals surface area contributed by atoms with E-state index in [2.05, 4.69) is 20.2 Å². The number of hydrogen-bond donors (Lipinski definition) is 1. The highest BCUT2D eigenvalue weighted by Gasteiger charge is 2.34. The molecule has 2 aliphatic heterocycles. The van der Waals surface area contributed by atoms with Gasteiger partial charge in [0.15, 0.2) is 0 Å². The molecule has 2 fully saturated rings. The molecular formula is C11H16N4. The van der Waals surface area contributed by atoms with Crippen molar-refractivity contribution in [2.45, 2.75) is 18.9 Å². The molecule has 2 atom stereocenters. The molecule has 0 aromatic carbocycles. The summed E-state index contributed by atoms with van der Waals surface area (Å²) in [4.78, 5) is 10.6. The number of fused-ring (bicyclic) bond motifs is 1. The lowest BCUT2D eigenvalue weighted by molar-refractivity contribution is 0.340. The Hall–Kier alpha value is -1.16. The molecule has 4 heteroatoms. The Bertz CT molecular complexity index is 313. The van der Waals surface area contributed by atoms with Crippen molar-refractivity contribution in [3.8, 4) is 0 Å². The van der Waals surface area contributed by atoms with Crippen LogP contribution in [0.3, 0.4) is 0 Å². The first-order valence-electron chi connectivity index (χ1n) is 5.68. The number of anilines is 1. The summed E-state index contributed by atoms with van der Waals surface area (Å²) in [7, 11) is 0. The molecule has 1 aromatic heterocycles. The molecule has 3 heterocycles.